The van der Waals surface area contributed by atoms with Crippen molar-refractivity contribution in [2.75, 3.05) is 5.32 Å². The van der Waals surface area contributed by atoms with E-state index in [-0.39, 0.29) is 5.91 Å². The first-order valence-electron chi connectivity index (χ1n) is 5.90. The summed E-state index contributed by atoms with van der Waals surface area (Å²) < 4.78 is 0.955. The van der Waals surface area contributed by atoms with Crippen molar-refractivity contribution in [1.82, 2.24) is 4.98 Å². The Kier molecular flexibility index (Phi) is 4.06. The Hall–Kier alpha value is -1.20. The second-order valence-electron chi connectivity index (χ2n) is 4.53. The largest absolute Gasteiger partial charge is 0.298 e. The Labute approximate surface area is 125 Å². The van der Waals surface area contributed by atoms with Crippen LogP contribution >= 0.6 is 27.3 Å². The molecule has 1 heterocycles. The summed E-state index contributed by atoms with van der Waals surface area (Å²) in [7, 11) is 0. The third-order valence-electron chi connectivity index (χ3n) is 3.24. The monoisotopic (exact) mass is 338 g/mol. The van der Waals surface area contributed by atoms with Gasteiger partial charge in [-0.3, -0.25) is 10.1 Å². The van der Waals surface area contributed by atoms with Crippen LogP contribution in [0, 0.1) is 27.7 Å². The quantitative estimate of drug-likeness (QED) is 0.882. The first kappa shape index (κ1) is 14.2. The summed E-state index contributed by atoms with van der Waals surface area (Å²) in [6, 6.07) is 1.87. The Balaban J connectivity index is 2.34. The summed E-state index contributed by atoms with van der Waals surface area (Å²) in [6.45, 7) is 7.94. The molecule has 5 heteroatoms. The van der Waals surface area contributed by atoms with Gasteiger partial charge in [0.1, 0.15) is 0 Å². The van der Waals surface area contributed by atoms with Crippen molar-refractivity contribution in [3.8, 4) is 0 Å². The number of nitrogens with one attached hydrogen (secondary N) is 1. The summed E-state index contributed by atoms with van der Waals surface area (Å²) >= 11 is 4.93. The molecule has 0 unspecified atom stereocenters. The highest BCUT2D eigenvalue weighted by Crippen LogP contribution is 2.26. The van der Waals surface area contributed by atoms with Crippen LogP contribution in [0.3, 0.4) is 0 Å². The minimum Gasteiger partial charge on any atom is -0.298 e. The van der Waals surface area contributed by atoms with Gasteiger partial charge in [-0.1, -0.05) is 15.9 Å². The fourth-order valence-electron chi connectivity index (χ4n) is 1.82. The van der Waals surface area contributed by atoms with Crippen molar-refractivity contribution in [3.63, 3.8) is 0 Å². The molecule has 0 saturated carbocycles. The summed E-state index contributed by atoms with van der Waals surface area (Å²) in [5.41, 5.74) is 4.90. The van der Waals surface area contributed by atoms with E-state index in [1.54, 1.807) is 0 Å². The van der Waals surface area contributed by atoms with Crippen LogP contribution in [-0.4, -0.2) is 10.9 Å². The fourth-order valence-corrected chi connectivity index (χ4v) is 3.03. The number of anilines is 1. The molecule has 0 radical (unpaired) electrons. The van der Waals surface area contributed by atoms with Crippen LogP contribution < -0.4 is 5.32 Å². The number of rotatable bonds is 2. The van der Waals surface area contributed by atoms with Crippen molar-refractivity contribution >= 4 is 38.3 Å². The highest BCUT2D eigenvalue weighted by atomic mass is 79.9. The number of aromatic nitrogens is 1. The molecule has 0 atom stereocenters. The highest BCUT2D eigenvalue weighted by molar-refractivity contribution is 9.10. The standard InChI is InChI=1S/C14H15BrN2OS/c1-7-6-19-14(16-7)17-13(18)11-5-12(15)10(4)8(2)9(11)3/h5-6H,1-4H3,(H,16,17,18). The number of halogens is 1. The van der Waals surface area contributed by atoms with Gasteiger partial charge < -0.3 is 0 Å². The van der Waals surface area contributed by atoms with Crippen LogP contribution in [0.15, 0.2) is 15.9 Å². The van der Waals surface area contributed by atoms with E-state index < -0.39 is 0 Å². The molecule has 2 rings (SSSR count). The predicted octanol–water partition coefficient (Wildman–Crippen LogP) is 4.39. The van der Waals surface area contributed by atoms with Crippen LogP contribution in [0.5, 0.6) is 0 Å². The predicted molar refractivity (Wildman–Crippen MR) is 83.2 cm³/mol. The molecule has 1 aromatic carbocycles. The maximum atomic E-state index is 12.3. The molecule has 0 saturated heterocycles. The molecule has 0 fully saturated rings. The van der Waals surface area contributed by atoms with Gasteiger partial charge >= 0.3 is 0 Å². The Bertz CT molecular complexity index is 649. The molecule has 0 aliphatic carbocycles. The molecule has 1 aromatic heterocycles. The number of benzene rings is 1. The lowest BCUT2D eigenvalue weighted by molar-refractivity contribution is 0.102. The van der Waals surface area contributed by atoms with Crippen molar-refractivity contribution < 1.29 is 4.79 Å². The molecule has 0 aliphatic rings. The lowest BCUT2D eigenvalue weighted by atomic mass is 9.98. The van der Waals surface area contributed by atoms with Crippen LogP contribution in [0.25, 0.3) is 0 Å². The summed E-state index contributed by atoms with van der Waals surface area (Å²) in [4.78, 5) is 16.5. The number of aryl methyl sites for hydroxylation is 1. The number of hydrogen-bond acceptors (Lipinski definition) is 3. The maximum Gasteiger partial charge on any atom is 0.257 e. The van der Waals surface area contributed by atoms with E-state index in [9.17, 15) is 4.79 Å². The van der Waals surface area contributed by atoms with E-state index in [0.717, 1.165) is 21.3 Å². The minimum atomic E-state index is -0.115. The molecule has 0 bridgehead atoms. The number of amides is 1. The fraction of sp³-hybridized carbons (Fsp3) is 0.286. The summed E-state index contributed by atoms with van der Waals surface area (Å²) in [5.74, 6) is -0.115. The number of carbonyl (C=O) groups excluding carboxylic acids is 1. The van der Waals surface area contributed by atoms with E-state index in [2.05, 4.69) is 26.2 Å². The Morgan fingerprint density at radius 2 is 1.89 bits per heavy atom. The topological polar surface area (TPSA) is 42.0 Å². The van der Waals surface area contributed by atoms with Gasteiger partial charge in [0.2, 0.25) is 0 Å². The SMILES string of the molecule is Cc1csc(NC(=O)c2cc(Br)c(C)c(C)c2C)n1. The smallest absolute Gasteiger partial charge is 0.257 e. The zero-order valence-electron chi connectivity index (χ0n) is 11.3. The molecule has 3 nitrogen and oxygen atoms in total. The average Bonchev–Trinajstić information content (AvgIpc) is 2.76. The molecule has 0 aliphatic heterocycles. The number of nitrogens with zero attached hydrogens (tertiary/aromatic N) is 1. The third kappa shape index (κ3) is 2.87. The molecule has 0 spiro atoms. The number of carbonyl (C=O) groups is 1. The maximum absolute atomic E-state index is 12.3. The summed E-state index contributed by atoms with van der Waals surface area (Å²) in [6.07, 6.45) is 0. The zero-order valence-corrected chi connectivity index (χ0v) is 13.7. The van der Waals surface area contributed by atoms with Gasteiger partial charge in [0.05, 0.1) is 5.69 Å². The van der Waals surface area contributed by atoms with E-state index in [1.807, 2.05) is 39.1 Å². The second kappa shape index (κ2) is 5.43. The average molecular weight is 339 g/mol. The van der Waals surface area contributed by atoms with Gasteiger partial charge in [-0.25, -0.2) is 4.98 Å². The van der Waals surface area contributed by atoms with Crippen molar-refractivity contribution in [3.05, 3.63) is 43.9 Å². The molecule has 1 N–H and O–H groups in total. The van der Waals surface area contributed by atoms with Gasteiger partial charge in [-0.2, -0.15) is 0 Å². The van der Waals surface area contributed by atoms with Gasteiger partial charge in [0, 0.05) is 15.4 Å². The minimum absolute atomic E-state index is 0.115. The molecular weight excluding hydrogens is 324 g/mol. The number of hydrogen-bond donors (Lipinski definition) is 1. The van der Waals surface area contributed by atoms with Gasteiger partial charge in [-0.05, 0) is 50.5 Å². The summed E-state index contributed by atoms with van der Waals surface area (Å²) in [5, 5.41) is 5.39. The number of thiazole rings is 1. The second-order valence-corrected chi connectivity index (χ2v) is 6.24. The Morgan fingerprint density at radius 1 is 1.21 bits per heavy atom. The first-order chi connectivity index (χ1) is 8.90. The first-order valence-corrected chi connectivity index (χ1v) is 7.57. The van der Waals surface area contributed by atoms with Crippen molar-refractivity contribution in [1.29, 1.82) is 0 Å². The molecule has 100 valence electrons. The van der Waals surface area contributed by atoms with E-state index >= 15 is 0 Å². The van der Waals surface area contributed by atoms with Gasteiger partial charge in [0.25, 0.3) is 5.91 Å². The molecule has 19 heavy (non-hydrogen) atoms. The zero-order chi connectivity index (χ0) is 14.2. The van der Waals surface area contributed by atoms with Gasteiger partial charge in [-0.15, -0.1) is 11.3 Å². The van der Waals surface area contributed by atoms with Crippen LogP contribution in [-0.2, 0) is 0 Å². The van der Waals surface area contributed by atoms with E-state index in [1.165, 1.54) is 16.9 Å². The van der Waals surface area contributed by atoms with E-state index in [4.69, 9.17) is 0 Å². The highest BCUT2D eigenvalue weighted by Gasteiger charge is 2.15. The normalized spacial score (nSPS) is 10.6. The lowest BCUT2D eigenvalue weighted by Crippen LogP contribution is -2.14. The van der Waals surface area contributed by atoms with Crippen LogP contribution in [0.1, 0.15) is 32.7 Å². The molecule has 2 aromatic rings. The van der Waals surface area contributed by atoms with Crippen molar-refractivity contribution in [2.45, 2.75) is 27.7 Å². The van der Waals surface area contributed by atoms with Gasteiger partial charge in [0.15, 0.2) is 5.13 Å². The molecular formula is C14H15BrN2OS. The van der Waals surface area contributed by atoms with E-state index in [0.29, 0.717) is 10.7 Å². The van der Waals surface area contributed by atoms with Crippen molar-refractivity contribution in [2.24, 2.45) is 0 Å². The third-order valence-corrected chi connectivity index (χ3v) is 4.94. The molecule has 1 amide bonds. The van der Waals surface area contributed by atoms with Crippen LogP contribution in [0.2, 0.25) is 0 Å². The Morgan fingerprint density at radius 3 is 2.47 bits per heavy atom. The van der Waals surface area contributed by atoms with Crippen LogP contribution in [0.4, 0.5) is 5.13 Å². The lowest BCUT2D eigenvalue weighted by Gasteiger charge is -2.12.